The molecule has 75 heavy (non-hydrogen) atoms. The van der Waals surface area contributed by atoms with Crippen LogP contribution in [0.25, 0.3) is 22.0 Å². The van der Waals surface area contributed by atoms with Gasteiger partial charge in [-0.3, -0.25) is 23.8 Å². The summed E-state index contributed by atoms with van der Waals surface area (Å²) >= 11 is 6.51. The van der Waals surface area contributed by atoms with E-state index in [2.05, 4.69) is 32.0 Å². The van der Waals surface area contributed by atoms with Gasteiger partial charge in [-0.15, -0.1) is 0 Å². The van der Waals surface area contributed by atoms with E-state index < -0.39 is 184 Å². The average molecular weight is 1130 g/mol. The fraction of sp³-hybridized carbons (Fsp3) is 0.378. The van der Waals surface area contributed by atoms with Crippen LogP contribution in [-0.2, 0) is 75.4 Å². The Hall–Kier alpha value is -6.93. The maximum Gasteiger partial charge on any atom is 0.418 e. The van der Waals surface area contributed by atoms with Crippen molar-refractivity contribution >= 4 is 72.0 Å². The number of carboxylic acids is 2. The molecule has 3 heterocycles. The first-order valence-electron chi connectivity index (χ1n) is 21.5. The normalized spacial score (nSPS) is 17.0. The highest BCUT2D eigenvalue weighted by molar-refractivity contribution is 7.93. The summed E-state index contributed by atoms with van der Waals surface area (Å²) in [6.45, 7) is -0.835. The van der Waals surface area contributed by atoms with Gasteiger partial charge >= 0.3 is 30.3 Å². The number of rotatable bonds is 17. The van der Waals surface area contributed by atoms with E-state index in [1.54, 1.807) is 4.72 Å². The van der Waals surface area contributed by atoms with Gasteiger partial charge in [-0.05, 0) is 80.0 Å². The first-order valence-corrected chi connectivity index (χ1v) is 25.5. The highest BCUT2D eigenvalue weighted by Gasteiger charge is 2.67. The number of aliphatic carboxylic acids is 2. The Bertz CT molecular complexity index is 3480. The van der Waals surface area contributed by atoms with Crippen LogP contribution >= 0.6 is 11.6 Å². The Balaban J connectivity index is 1.41. The molecular weight excluding hydrogens is 1090 g/mol. The van der Waals surface area contributed by atoms with Crippen molar-refractivity contribution in [1.82, 2.24) is 24.6 Å². The summed E-state index contributed by atoms with van der Waals surface area (Å²) in [6.07, 6.45) is -13.8. The Morgan fingerprint density at radius 1 is 0.973 bits per heavy atom. The van der Waals surface area contributed by atoms with Crippen molar-refractivity contribution in [3.63, 3.8) is 0 Å². The number of nitrogens with one attached hydrogen (secondary N) is 2. The van der Waals surface area contributed by atoms with E-state index in [1.165, 1.54) is 13.8 Å². The number of carbonyl (C=O) groups is 4. The molecular formula is C45H37ClF10N6O11S2. The molecule has 0 radical (unpaired) electrons. The van der Waals surface area contributed by atoms with Crippen molar-refractivity contribution in [2.45, 2.75) is 87.3 Å². The zero-order chi connectivity index (χ0) is 55.7. The largest absolute Gasteiger partial charge is 0.481 e. The van der Waals surface area contributed by atoms with Crippen molar-refractivity contribution < 1.29 is 94.9 Å². The van der Waals surface area contributed by atoms with Gasteiger partial charge < -0.3 is 24.8 Å². The highest BCUT2D eigenvalue weighted by Crippen LogP contribution is 2.69. The predicted octanol–water partition coefficient (Wildman–Crippen LogP) is 7.11. The Morgan fingerprint density at radius 3 is 2.20 bits per heavy atom. The van der Waals surface area contributed by atoms with Crippen LogP contribution in [0, 0.1) is 29.4 Å². The van der Waals surface area contributed by atoms with Crippen LogP contribution in [0.2, 0.25) is 5.02 Å². The summed E-state index contributed by atoms with van der Waals surface area (Å²) in [5.41, 5.74) is -5.74. The van der Waals surface area contributed by atoms with Crippen molar-refractivity contribution in [2.24, 2.45) is 5.92 Å². The molecule has 5 aromatic rings. The fourth-order valence-electron chi connectivity index (χ4n) is 8.40. The molecule has 0 spiro atoms. The molecule has 1 fully saturated rings. The van der Waals surface area contributed by atoms with Crippen LogP contribution in [-0.4, -0.2) is 99.2 Å². The van der Waals surface area contributed by atoms with Gasteiger partial charge in [0, 0.05) is 35.6 Å². The Labute approximate surface area is 422 Å². The SMILES string of the molecule is CC(C)(C#Cc1ccc(-c2ccc(Cl)c3c(NS(=O)(=O)CC(=O)O[C@@H](CC(=O)O)C(=O)O)nn(CC(F)(F)F)c23)c([C@H](Cc2cc(F)cc(F)c2)NC(=O)Cn2cc(C(F)(F)F)c3c2C(F)(F)C2C[C@H]32)n1)S(C)(=O)=O. The van der Waals surface area contributed by atoms with E-state index in [1.807, 2.05) is 0 Å². The van der Waals surface area contributed by atoms with Gasteiger partial charge in [0.25, 0.3) is 5.92 Å². The number of benzene rings is 2. The topological polar surface area (TPSA) is 246 Å². The number of fused-ring (bicyclic) bond motifs is 4. The number of anilines is 1. The van der Waals surface area contributed by atoms with Crippen molar-refractivity contribution in [3.05, 3.63) is 99.1 Å². The lowest BCUT2D eigenvalue weighted by atomic mass is 9.93. The van der Waals surface area contributed by atoms with Gasteiger partial charge in [0.1, 0.15) is 35.2 Å². The van der Waals surface area contributed by atoms with E-state index in [0.717, 1.165) is 42.7 Å². The number of hydrogen-bond acceptors (Lipinski definition) is 11. The number of alkyl halides is 8. The molecule has 30 heteroatoms. The lowest BCUT2D eigenvalue weighted by Gasteiger charge is -2.24. The van der Waals surface area contributed by atoms with E-state index >= 15 is 8.78 Å². The summed E-state index contributed by atoms with van der Waals surface area (Å²) < 4.78 is 204. The van der Waals surface area contributed by atoms with Gasteiger partial charge in [0.05, 0.1) is 45.3 Å². The number of sulfonamides is 1. The van der Waals surface area contributed by atoms with Crippen LogP contribution < -0.4 is 10.0 Å². The molecule has 0 bridgehead atoms. The molecule has 2 aliphatic carbocycles. The number of pyridine rings is 1. The number of amides is 1. The third kappa shape index (κ3) is 12.1. The lowest BCUT2D eigenvalue weighted by Crippen LogP contribution is -2.34. The van der Waals surface area contributed by atoms with Crippen LogP contribution in [0.3, 0.4) is 0 Å². The molecule has 1 unspecified atom stereocenters. The summed E-state index contributed by atoms with van der Waals surface area (Å²) in [4.78, 5) is 53.7. The monoisotopic (exact) mass is 1130 g/mol. The second kappa shape index (κ2) is 19.6. The molecule has 7 rings (SSSR count). The Morgan fingerprint density at radius 2 is 1.61 bits per heavy atom. The number of esters is 1. The number of nitrogens with zero attached hydrogens (tertiary/aromatic N) is 4. The first-order chi connectivity index (χ1) is 34.5. The molecule has 1 amide bonds. The van der Waals surface area contributed by atoms with Gasteiger partial charge in [-0.25, -0.2) is 35.4 Å². The van der Waals surface area contributed by atoms with E-state index in [4.69, 9.17) is 16.7 Å². The lowest BCUT2D eigenvalue weighted by molar-refractivity contribution is -0.165. The number of ether oxygens (including phenoxy) is 1. The predicted molar refractivity (Wildman–Crippen MR) is 242 cm³/mol. The zero-order valence-corrected chi connectivity index (χ0v) is 40.9. The average Bonchev–Trinajstić information content (AvgIpc) is 3.77. The summed E-state index contributed by atoms with van der Waals surface area (Å²) in [5.74, 6) is -13.4. The molecule has 1 saturated carbocycles. The fourth-order valence-corrected chi connectivity index (χ4v) is 9.77. The molecule has 17 nitrogen and oxygen atoms in total. The van der Waals surface area contributed by atoms with Crippen LogP contribution in [0.5, 0.6) is 0 Å². The van der Waals surface area contributed by atoms with Crippen molar-refractivity contribution in [2.75, 3.05) is 16.7 Å². The zero-order valence-electron chi connectivity index (χ0n) is 38.5. The number of halogens is 11. The van der Waals surface area contributed by atoms with E-state index in [9.17, 15) is 76.2 Å². The standard InChI is InChI=1S/C45H37ClF10N6O11S2/c1-42(2,74(3,69)70)9-8-23-4-5-24(25-6-7-29(46)36-38(25)62(19-43(49,50)51)59-40(36)60-75(71,72)18-34(66)73-31(41(67)68)15-33(64)65)37(57-23)30(12-20-10-21(47)13-22(48)11-20)58-32(63)17-61-16-28(45(54,55)56)35-26-14-27(26)44(52,53)39(35)61/h4-7,10-11,13,16,26-27,30-31H,12,14-15,17-19H2,1-3H3,(H,58,63)(H,59,60)(H,64,65)(H,67,68)/t26-,27?,30-,31-/m0/s1. The number of carbonyl (C=O) groups excluding carboxylic acids is 2. The van der Waals surface area contributed by atoms with Crippen molar-refractivity contribution in [3.8, 4) is 23.0 Å². The highest BCUT2D eigenvalue weighted by atomic mass is 35.5. The van der Waals surface area contributed by atoms with Gasteiger partial charge in [0.2, 0.25) is 22.0 Å². The van der Waals surface area contributed by atoms with Gasteiger partial charge in [0.15, 0.2) is 21.4 Å². The summed E-state index contributed by atoms with van der Waals surface area (Å²) in [6, 6.07) is 4.48. The van der Waals surface area contributed by atoms with Crippen LogP contribution in [0.15, 0.2) is 48.7 Å². The molecule has 4 N–H and O–H groups in total. The van der Waals surface area contributed by atoms with E-state index in [0.29, 0.717) is 16.8 Å². The van der Waals surface area contributed by atoms with Gasteiger partial charge in [-0.2, -0.15) is 40.2 Å². The smallest absolute Gasteiger partial charge is 0.418 e. The minimum absolute atomic E-state index is 0.192. The first kappa shape index (κ1) is 55.8. The number of sulfone groups is 1. The quantitative estimate of drug-likeness (QED) is 0.0413. The number of aromatic nitrogens is 4. The molecule has 402 valence electrons. The second-order valence-corrected chi connectivity index (χ2v) is 22.7. The minimum atomic E-state index is -5.18. The molecule has 2 aliphatic rings. The molecule has 0 aliphatic heterocycles. The molecule has 2 aromatic carbocycles. The maximum atomic E-state index is 15.6. The summed E-state index contributed by atoms with van der Waals surface area (Å²) in [7, 11) is -9.11. The minimum Gasteiger partial charge on any atom is -0.481 e. The molecule has 3 aromatic heterocycles. The third-order valence-corrected chi connectivity index (χ3v) is 15.4. The third-order valence-electron chi connectivity index (χ3n) is 12.0. The molecule has 4 atom stereocenters. The Kier molecular flexibility index (Phi) is 14.6. The second-order valence-electron chi connectivity index (χ2n) is 18.0. The molecule has 0 saturated heterocycles. The number of hydrogen-bond donors (Lipinski definition) is 4. The van der Waals surface area contributed by atoms with Gasteiger partial charge in [-0.1, -0.05) is 23.6 Å². The van der Waals surface area contributed by atoms with Crippen molar-refractivity contribution in [1.29, 1.82) is 0 Å². The number of carboxylic acid groups (broad SMARTS) is 2. The van der Waals surface area contributed by atoms with Crippen LogP contribution in [0.4, 0.5) is 49.7 Å². The summed E-state index contributed by atoms with van der Waals surface area (Å²) in [5, 5.41) is 23.2. The maximum absolute atomic E-state index is 15.6. The van der Waals surface area contributed by atoms with Crippen LogP contribution in [0.1, 0.15) is 72.4 Å². The van der Waals surface area contributed by atoms with E-state index in [-0.39, 0.29) is 27.9 Å².